The summed E-state index contributed by atoms with van der Waals surface area (Å²) in [6, 6.07) is 0.432. The molecule has 2 aliphatic heterocycles. The monoisotopic (exact) mass is 270 g/mol. The van der Waals surface area contributed by atoms with Crippen molar-refractivity contribution in [3.05, 3.63) is 0 Å². The number of carbonyl (C=O) groups excluding carboxylic acids is 2. The Hall–Kier alpha value is -0.550. The molecule has 0 radical (unpaired) electrons. The van der Waals surface area contributed by atoms with Crippen LogP contribution in [0.2, 0.25) is 0 Å². The quantitative estimate of drug-likeness (QED) is 0.773. The fraction of sp³-hybridized carbons (Fsp3) is 0.846. The Labute approximate surface area is 113 Å². The van der Waals surface area contributed by atoms with Gasteiger partial charge in [0.2, 0.25) is 5.91 Å². The zero-order chi connectivity index (χ0) is 13.1. The first kappa shape index (κ1) is 13.9. The summed E-state index contributed by atoms with van der Waals surface area (Å²) in [5.41, 5.74) is 0. The molecule has 2 fully saturated rings. The van der Waals surface area contributed by atoms with Gasteiger partial charge in [-0.1, -0.05) is 11.8 Å². The fourth-order valence-electron chi connectivity index (χ4n) is 2.81. The van der Waals surface area contributed by atoms with E-state index in [1.54, 1.807) is 6.92 Å². The molecule has 0 aromatic rings. The third-order valence-corrected chi connectivity index (χ3v) is 4.93. The highest BCUT2D eigenvalue weighted by atomic mass is 32.2. The molecule has 18 heavy (non-hydrogen) atoms. The average molecular weight is 270 g/mol. The lowest BCUT2D eigenvalue weighted by atomic mass is 10.0. The molecule has 4 nitrogen and oxygen atoms in total. The minimum atomic E-state index is 0.153. The van der Waals surface area contributed by atoms with E-state index in [1.165, 1.54) is 11.8 Å². The fourth-order valence-corrected chi connectivity index (χ4v) is 3.51. The number of rotatable bonds is 3. The van der Waals surface area contributed by atoms with Crippen molar-refractivity contribution < 1.29 is 9.59 Å². The molecule has 0 aromatic heterocycles. The summed E-state index contributed by atoms with van der Waals surface area (Å²) in [5, 5.41) is 0.153. The van der Waals surface area contributed by atoms with Gasteiger partial charge in [0.25, 0.3) is 0 Å². The smallest absolute Gasteiger partial charge is 0.223 e. The summed E-state index contributed by atoms with van der Waals surface area (Å²) in [4.78, 5) is 27.4. The number of nitrogens with zero attached hydrogens (tertiary/aromatic N) is 2. The number of amides is 1. The molecule has 2 rings (SSSR count). The molecule has 0 bridgehead atoms. The lowest BCUT2D eigenvalue weighted by molar-refractivity contribution is -0.130. The van der Waals surface area contributed by atoms with Crippen molar-refractivity contribution in [2.45, 2.75) is 32.2 Å². The van der Waals surface area contributed by atoms with E-state index in [4.69, 9.17) is 0 Å². The summed E-state index contributed by atoms with van der Waals surface area (Å²) in [7, 11) is 2.13. The summed E-state index contributed by atoms with van der Waals surface area (Å²) in [6.07, 6.45) is 2.82. The SMILES string of the molecule is CC(=O)SCC1CC(=O)N(C2CCN(C)CC2)C1. The van der Waals surface area contributed by atoms with Gasteiger partial charge in [-0.15, -0.1) is 0 Å². The van der Waals surface area contributed by atoms with Crippen molar-refractivity contribution in [1.29, 1.82) is 0 Å². The first-order valence-corrected chi connectivity index (χ1v) is 7.66. The van der Waals surface area contributed by atoms with Gasteiger partial charge in [-0.2, -0.15) is 0 Å². The first-order chi connectivity index (χ1) is 8.56. The molecule has 0 spiro atoms. The molecule has 2 heterocycles. The average Bonchev–Trinajstić information content (AvgIpc) is 2.69. The Balaban J connectivity index is 1.83. The number of hydrogen-bond acceptors (Lipinski definition) is 4. The zero-order valence-corrected chi connectivity index (χ0v) is 12.0. The second kappa shape index (κ2) is 6.06. The molecule has 2 aliphatic rings. The van der Waals surface area contributed by atoms with E-state index < -0.39 is 0 Å². The van der Waals surface area contributed by atoms with Gasteiger partial charge in [0.15, 0.2) is 5.12 Å². The minimum Gasteiger partial charge on any atom is -0.339 e. The van der Waals surface area contributed by atoms with Crippen molar-refractivity contribution in [1.82, 2.24) is 9.80 Å². The van der Waals surface area contributed by atoms with Crippen LogP contribution in [-0.2, 0) is 9.59 Å². The molecular weight excluding hydrogens is 248 g/mol. The predicted molar refractivity (Wildman–Crippen MR) is 73.5 cm³/mol. The van der Waals surface area contributed by atoms with Crippen molar-refractivity contribution >= 4 is 22.8 Å². The van der Waals surface area contributed by atoms with Gasteiger partial charge in [0, 0.05) is 31.7 Å². The van der Waals surface area contributed by atoms with Crippen molar-refractivity contribution in [2.24, 2.45) is 5.92 Å². The second-order valence-electron chi connectivity index (χ2n) is 5.45. The number of piperidine rings is 1. The standard InChI is InChI=1S/C13H22N2O2S/c1-10(16)18-9-11-7-13(17)15(8-11)12-3-5-14(2)6-4-12/h11-12H,3-9H2,1-2H3. The second-order valence-corrected chi connectivity index (χ2v) is 6.65. The van der Waals surface area contributed by atoms with E-state index >= 15 is 0 Å². The van der Waals surface area contributed by atoms with E-state index in [0.717, 1.165) is 38.2 Å². The van der Waals surface area contributed by atoms with Crippen LogP contribution in [0.25, 0.3) is 0 Å². The molecule has 5 heteroatoms. The molecule has 0 aromatic carbocycles. The summed E-state index contributed by atoms with van der Waals surface area (Å²) >= 11 is 1.35. The van der Waals surface area contributed by atoms with Crippen LogP contribution in [0.1, 0.15) is 26.2 Å². The molecule has 0 saturated carbocycles. The summed E-state index contributed by atoms with van der Waals surface area (Å²) in [6.45, 7) is 4.62. The van der Waals surface area contributed by atoms with Crippen LogP contribution >= 0.6 is 11.8 Å². The molecule has 1 unspecified atom stereocenters. The van der Waals surface area contributed by atoms with E-state index in [0.29, 0.717) is 24.3 Å². The topological polar surface area (TPSA) is 40.6 Å². The van der Waals surface area contributed by atoms with Gasteiger partial charge in [0.05, 0.1) is 0 Å². The predicted octanol–water partition coefficient (Wildman–Crippen LogP) is 1.21. The van der Waals surface area contributed by atoms with E-state index in [-0.39, 0.29) is 5.12 Å². The van der Waals surface area contributed by atoms with E-state index in [1.807, 2.05) is 0 Å². The Morgan fingerprint density at radius 2 is 2.06 bits per heavy atom. The van der Waals surface area contributed by atoms with Gasteiger partial charge in [0.1, 0.15) is 0 Å². The van der Waals surface area contributed by atoms with Crippen LogP contribution in [0.15, 0.2) is 0 Å². The maximum atomic E-state index is 12.0. The van der Waals surface area contributed by atoms with Crippen LogP contribution in [-0.4, -0.2) is 59.3 Å². The van der Waals surface area contributed by atoms with Crippen LogP contribution in [0.3, 0.4) is 0 Å². The maximum Gasteiger partial charge on any atom is 0.223 e. The molecule has 1 atom stereocenters. The van der Waals surface area contributed by atoms with Crippen molar-refractivity contribution in [3.63, 3.8) is 0 Å². The Kier molecular flexibility index (Phi) is 4.67. The van der Waals surface area contributed by atoms with Crippen LogP contribution in [0.4, 0.5) is 0 Å². The van der Waals surface area contributed by atoms with Gasteiger partial charge in [-0.05, 0) is 38.9 Å². The van der Waals surface area contributed by atoms with Gasteiger partial charge < -0.3 is 9.80 Å². The minimum absolute atomic E-state index is 0.153. The maximum absolute atomic E-state index is 12.0. The Morgan fingerprint density at radius 1 is 1.39 bits per heavy atom. The van der Waals surface area contributed by atoms with Crippen LogP contribution < -0.4 is 0 Å². The molecule has 2 saturated heterocycles. The highest BCUT2D eigenvalue weighted by Crippen LogP contribution is 2.27. The number of thioether (sulfide) groups is 1. The van der Waals surface area contributed by atoms with Crippen LogP contribution in [0.5, 0.6) is 0 Å². The van der Waals surface area contributed by atoms with Gasteiger partial charge in [-0.3, -0.25) is 9.59 Å². The molecule has 0 N–H and O–H groups in total. The highest BCUT2D eigenvalue weighted by Gasteiger charge is 2.35. The number of likely N-dealkylation sites (tertiary alicyclic amines) is 2. The molecule has 102 valence electrons. The van der Waals surface area contributed by atoms with Crippen LogP contribution in [0, 0.1) is 5.92 Å². The molecule has 0 aliphatic carbocycles. The lowest BCUT2D eigenvalue weighted by Crippen LogP contribution is -2.44. The number of carbonyl (C=O) groups is 2. The lowest BCUT2D eigenvalue weighted by Gasteiger charge is -2.35. The Morgan fingerprint density at radius 3 is 2.67 bits per heavy atom. The first-order valence-electron chi connectivity index (χ1n) is 6.67. The third kappa shape index (κ3) is 3.48. The number of hydrogen-bond donors (Lipinski definition) is 0. The van der Waals surface area contributed by atoms with Crippen molar-refractivity contribution in [3.8, 4) is 0 Å². The molecular formula is C13H22N2O2S. The summed E-state index contributed by atoms with van der Waals surface area (Å²) < 4.78 is 0. The van der Waals surface area contributed by atoms with E-state index in [9.17, 15) is 9.59 Å². The summed E-state index contributed by atoms with van der Waals surface area (Å²) in [5.74, 6) is 1.45. The van der Waals surface area contributed by atoms with Gasteiger partial charge >= 0.3 is 0 Å². The normalized spacial score (nSPS) is 26.9. The third-order valence-electron chi connectivity index (χ3n) is 3.89. The molecule has 1 amide bonds. The zero-order valence-electron chi connectivity index (χ0n) is 11.2. The van der Waals surface area contributed by atoms with Gasteiger partial charge in [-0.25, -0.2) is 0 Å². The largest absolute Gasteiger partial charge is 0.339 e. The Bertz CT molecular complexity index is 327. The highest BCUT2D eigenvalue weighted by molar-refractivity contribution is 8.13. The van der Waals surface area contributed by atoms with E-state index in [2.05, 4.69) is 16.8 Å². The van der Waals surface area contributed by atoms with Crippen molar-refractivity contribution in [2.75, 3.05) is 32.4 Å².